The topological polar surface area (TPSA) is 53.1 Å². The third kappa shape index (κ3) is 3.97. The van der Waals surface area contributed by atoms with E-state index in [9.17, 15) is 9.59 Å². The number of ether oxygens (including phenoxy) is 1. The van der Waals surface area contributed by atoms with Crippen LogP contribution in [-0.4, -0.2) is 56.5 Å². The van der Waals surface area contributed by atoms with Crippen LogP contribution in [0.5, 0.6) is 5.75 Å². The van der Waals surface area contributed by atoms with Gasteiger partial charge >= 0.3 is 0 Å². The van der Waals surface area contributed by atoms with Crippen LogP contribution in [-0.2, 0) is 9.59 Å². The van der Waals surface area contributed by atoms with E-state index in [0.29, 0.717) is 25.4 Å². The van der Waals surface area contributed by atoms with Crippen molar-refractivity contribution >= 4 is 34.8 Å². The maximum absolute atomic E-state index is 13.1. The Hall–Kier alpha value is -2.73. The molecule has 30 heavy (non-hydrogen) atoms. The first-order chi connectivity index (χ1) is 14.5. The molecule has 0 spiro atoms. The molecule has 0 saturated carbocycles. The molecule has 2 amide bonds. The van der Waals surface area contributed by atoms with Gasteiger partial charge in [0.25, 0.3) is 0 Å². The summed E-state index contributed by atoms with van der Waals surface area (Å²) in [4.78, 5) is 31.6. The lowest BCUT2D eigenvalue weighted by molar-refractivity contribution is -0.136. The molecule has 0 N–H and O–H groups in total. The number of carbonyl (C=O) groups is 2. The molecule has 6 nitrogen and oxygen atoms in total. The number of rotatable bonds is 4. The lowest BCUT2D eigenvalue weighted by Crippen LogP contribution is -2.50. The molecule has 4 rings (SSSR count). The molecule has 1 atom stereocenters. The summed E-state index contributed by atoms with van der Waals surface area (Å²) in [5, 5.41) is 0.724. The van der Waals surface area contributed by atoms with Crippen molar-refractivity contribution in [2.75, 3.05) is 49.6 Å². The zero-order chi connectivity index (χ0) is 21.3. The van der Waals surface area contributed by atoms with Gasteiger partial charge in [-0.3, -0.25) is 9.59 Å². The molecule has 2 aliphatic heterocycles. The largest absolute Gasteiger partial charge is 0.495 e. The number of anilines is 2. The third-order valence-electron chi connectivity index (χ3n) is 5.88. The number of hydrogen-bond donors (Lipinski definition) is 0. The van der Waals surface area contributed by atoms with Gasteiger partial charge < -0.3 is 19.4 Å². The summed E-state index contributed by atoms with van der Waals surface area (Å²) in [5.41, 5.74) is 2.78. The van der Waals surface area contributed by atoms with Crippen molar-refractivity contribution in [3.8, 4) is 5.75 Å². The molecular weight excluding hydrogens is 402 g/mol. The highest BCUT2D eigenvalue weighted by Gasteiger charge is 2.39. The molecule has 2 heterocycles. The molecule has 1 unspecified atom stereocenters. The van der Waals surface area contributed by atoms with Gasteiger partial charge in [-0.25, -0.2) is 0 Å². The fraction of sp³-hybridized carbons (Fsp3) is 0.391. The fourth-order valence-corrected chi connectivity index (χ4v) is 4.51. The van der Waals surface area contributed by atoms with Crippen LogP contribution in [0.1, 0.15) is 12.0 Å². The lowest BCUT2D eigenvalue weighted by atomic mass is 10.1. The SMILES string of the molecule is COc1ccc(C)cc1N1CC(C(=O)N2CCN(c3ccccc3Cl)CC2)CC1=O. The van der Waals surface area contributed by atoms with E-state index in [4.69, 9.17) is 16.3 Å². The van der Waals surface area contributed by atoms with Crippen LogP contribution in [0.4, 0.5) is 11.4 Å². The monoisotopic (exact) mass is 427 g/mol. The second-order valence-corrected chi connectivity index (χ2v) is 8.25. The van der Waals surface area contributed by atoms with Crippen molar-refractivity contribution in [2.24, 2.45) is 5.92 Å². The molecule has 2 fully saturated rings. The Labute approximate surface area is 182 Å². The van der Waals surface area contributed by atoms with E-state index in [1.165, 1.54) is 0 Å². The quantitative estimate of drug-likeness (QED) is 0.750. The highest BCUT2D eigenvalue weighted by molar-refractivity contribution is 6.33. The van der Waals surface area contributed by atoms with E-state index in [1.54, 1.807) is 12.0 Å². The van der Waals surface area contributed by atoms with Crippen LogP contribution in [0.3, 0.4) is 0 Å². The molecule has 0 aromatic heterocycles. The Morgan fingerprint density at radius 3 is 2.50 bits per heavy atom. The number of para-hydroxylation sites is 1. The average Bonchev–Trinajstić information content (AvgIpc) is 3.15. The average molecular weight is 428 g/mol. The normalized spacial score (nSPS) is 19.4. The third-order valence-corrected chi connectivity index (χ3v) is 6.20. The minimum absolute atomic E-state index is 0.0352. The summed E-state index contributed by atoms with van der Waals surface area (Å²) in [6.07, 6.45) is 0.237. The molecule has 0 bridgehead atoms. The Morgan fingerprint density at radius 2 is 1.80 bits per heavy atom. The Bertz CT molecular complexity index is 956. The van der Waals surface area contributed by atoms with Crippen molar-refractivity contribution in [2.45, 2.75) is 13.3 Å². The van der Waals surface area contributed by atoms with Gasteiger partial charge in [-0.2, -0.15) is 0 Å². The van der Waals surface area contributed by atoms with E-state index >= 15 is 0 Å². The Kier molecular flexibility index (Phi) is 5.86. The summed E-state index contributed by atoms with van der Waals surface area (Å²) >= 11 is 6.31. The van der Waals surface area contributed by atoms with Crippen LogP contribution >= 0.6 is 11.6 Å². The van der Waals surface area contributed by atoms with Crippen molar-refractivity contribution in [3.05, 3.63) is 53.1 Å². The zero-order valence-electron chi connectivity index (χ0n) is 17.3. The van der Waals surface area contributed by atoms with E-state index < -0.39 is 0 Å². The molecule has 7 heteroatoms. The molecule has 2 aliphatic rings. The van der Waals surface area contributed by atoms with Gasteiger partial charge in [0.05, 0.1) is 29.4 Å². The molecule has 0 aliphatic carbocycles. The second kappa shape index (κ2) is 8.56. The maximum atomic E-state index is 13.1. The first kappa shape index (κ1) is 20.5. The number of aryl methyl sites for hydroxylation is 1. The predicted molar refractivity (Wildman–Crippen MR) is 118 cm³/mol. The fourth-order valence-electron chi connectivity index (χ4n) is 4.25. The number of methoxy groups -OCH3 is 1. The number of carbonyl (C=O) groups excluding carboxylic acids is 2. The lowest BCUT2D eigenvalue weighted by Gasteiger charge is -2.37. The van der Waals surface area contributed by atoms with Crippen molar-refractivity contribution in [3.63, 3.8) is 0 Å². The first-order valence-electron chi connectivity index (χ1n) is 10.2. The highest BCUT2D eigenvalue weighted by Crippen LogP contribution is 2.34. The summed E-state index contributed by atoms with van der Waals surface area (Å²) in [5.74, 6) is 0.341. The smallest absolute Gasteiger partial charge is 0.228 e. The molecule has 2 aromatic carbocycles. The summed E-state index contributed by atoms with van der Waals surface area (Å²) in [7, 11) is 1.59. The molecule has 2 saturated heterocycles. The van der Waals surface area contributed by atoms with Crippen LogP contribution in [0.15, 0.2) is 42.5 Å². The molecular formula is C23H26ClN3O3. The van der Waals surface area contributed by atoms with Gasteiger partial charge in [-0.15, -0.1) is 0 Å². The number of hydrogen-bond acceptors (Lipinski definition) is 4. The molecule has 158 valence electrons. The van der Waals surface area contributed by atoms with Crippen LogP contribution in [0.2, 0.25) is 5.02 Å². The van der Waals surface area contributed by atoms with E-state index in [0.717, 1.165) is 35.1 Å². The number of halogens is 1. The predicted octanol–water partition coefficient (Wildman–Crippen LogP) is 3.36. The van der Waals surface area contributed by atoms with Gasteiger partial charge in [0, 0.05) is 39.1 Å². The number of amides is 2. The Balaban J connectivity index is 1.41. The van der Waals surface area contributed by atoms with E-state index in [-0.39, 0.29) is 24.2 Å². The molecule has 0 radical (unpaired) electrons. The van der Waals surface area contributed by atoms with Crippen molar-refractivity contribution < 1.29 is 14.3 Å². The van der Waals surface area contributed by atoms with E-state index in [1.807, 2.05) is 54.3 Å². The highest BCUT2D eigenvalue weighted by atomic mass is 35.5. The van der Waals surface area contributed by atoms with Crippen LogP contribution < -0.4 is 14.5 Å². The van der Waals surface area contributed by atoms with Crippen LogP contribution in [0, 0.1) is 12.8 Å². The van der Waals surface area contributed by atoms with Crippen molar-refractivity contribution in [1.29, 1.82) is 0 Å². The maximum Gasteiger partial charge on any atom is 0.228 e. The zero-order valence-corrected chi connectivity index (χ0v) is 18.1. The van der Waals surface area contributed by atoms with Gasteiger partial charge in [0.1, 0.15) is 5.75 Å². The summed E-state index contributed by atoms with van der Waals surface area (Å²) in [6, 6.07) is 13.5. The number of piperazine rings is 1. The van der Waals surface area contributed by atoms with E-state index in [2.05, 4.69) is 4.90 Å². The van der Waals surface area contributed by atoms with Gasteiger partial charge in [0.2, 0.25) is 11.8 Å². The van der Waals surface area contributed by atoms with Gasteiger partial charge in [-0.05, 0) is 36.8 Å². The van der Waals surface area contributed by atoms with Gasteiger partial charge in [-0.1, -0.05) is 29.8 Å². The summed E-state index contributed by atoms with van der Waals surface area (Å²) < 4.78 is 5.43. The number of benzene rings is 2. The second-order valence-electron chi connectivity index (χ2n) is 7.84. The van der Waals surface area contributed by atoms with Crippen molar-refractivity contribution in [1.82, 2.24) is 4.90 Å². The molecule has 2 aromatic rings. The minimum atomic E-state index is -0.324. The van der Waals surface area contributed by atoms with Gasteiger partial charge in [0.15, 0.2) is 0 Å². The Morgan fingerprint density at radius 1 is 1.07 bits per heavy atom. The number of nitrogens with zero attached hydrogens (tertiary/aromatic N) is 3. The standard InChI is InChI=1S/C23H26ClN3O3/c1-16-7-8-21(30-2)20(13-16)27-15-17(14-22(27)28)23(29)26-11-9-25(10-12-26)19-6-4-3-5-18(19)24/h3-8,13,17H,9-12,14-15H2,1-2H3. The van der Waals surface area contributed by atoms with Crippen LogP contribution in [0.25, 0.3) is 0 Å². The first-order valence-corrected chi connectivity index (χ1v) is 10.6. The minimum Gasteiger partial charge on any atom is -0.495 e. The summed E-state index contributed by atoms with van der Waals surface area (Å²) in [6.45, 7) is 5.08.